The molecule has 6 heteroatoms. The van der Waals surface area contributed by atoms with Crippen LogP contribution >= 0.6 is 0 Å². The Morgan fingerprint density at radius 2 is 2.00 bits per heavy atom. The maximum absolute atomic E-state index is 11.4. The van der Waals surface area contributed by atoms with Crippen LogP contribution in [0.1, 0.15) is 20.3 Å². The number of rotatable bonds is 9. The number of ether oxygens (including phenoxy) is 1. The molecule has 0 amide bonds. The van der Waals surface area contributed by atoms with Gasteiger partial charge in [0.15, 0.2) is 9.84 Å². The van der Waals surface area contributed by atoms with Gasteiger partial charge in [0.25, 0.3) is 0 Å². The average molecular weight is 251 g/mol. The van der Waals surface area contributed by atoms with Gasteiger partial charge < -0.3 is 10.1 Å². The van der Waals surface area contributed by atoms with Crippen LogP contribution in [0.2, 0.25) is 0 Å². The van der Waals surface area contributed by atoms with Crippen molar-refractivity contribution in [3.63, 3.8) is 0 Å². The van der Waals surface area contributed by atoms with Crippen molar-refractivity contribution in [3.8, 4) is 0 Å². The molecule has 0 aliphatic carbocycles. The molecule has 0 saturated heterocycles. The van der Waals surface area contributed by atoms with Crippen LogP contribution in [0.4, 0.5) is 0 Å². The highest BCUT2D eigenvalue weighted by Crippen LogP contribution is 2.02. The van der Waals surface area contributed by atoms with Gasteiger partial charge in [0.05, 0.1) is 24.2 Å². The van der Waals surface area contributed by atoms with E-state index in [9.17, 15) is 13.2 Å². The van der Waals surface area contributed by atoms with Crippen LogP contribution < -0.4 is 5.32 Å². The van der Waals surface area contributed by atoms with Gasteiger partial charge in [0, 0.05) is 20.1 Å². The summed E-state index contributed by atoms with van der Waals surface area (Å²) in [6, 6.07) is 0. The Kier molecular flexibility index (Phi) is 7.53. The number of nitrogens with one attached hydrogen (secondary N) is 1. The Balaban J connectivity index is 3.74. The predicted octanol–water partition coefficient (Wildman–Crippen LogP) is 0.00480. The Hall–Kier alpha value is -0.460. The third kappa shape index (κ3) is 6.92. The van der Waals surface area contributed by atoms with Crippen molar-refractivity contribution in [2.75, 3.05) is 32.6 Å². The molecule has 0 aromatic heterocycles. The van der Waals surface area contributed by atoms with E-state index >= 15 is 0 Å². The van der Waals surface area contributed by atoms with Crippen molar-refractivity contribution in [3.05, 3.63) is 0 Å². The van der Waals surface area contributed by atoms with E-state index in [1.54, 1.807) is 21.0 Å². The summed E-state index contributed by atoms with van der Waals surface area (Å²) in [6.45, 7) is 4.58. The van der Waals surface area contributed by atoms with Crippen molar-refractivity contribution >= 4 is 15.6 Å². The topological polar surface area (TPSA) is 72.5 Å². The normalized spacial score (nSPS) is 12.0. The molecule has 0 atom stereocenters. The minimum atomic E-state index is -3.10. The smallest absolute Gasteiger partial charge is 0.153 e. The van der Waals surface area contributed by atoms with Gasteiger partial charge in [-0.25, -0.2) is 8.42 Å². The van der Waals surface area contributed by atoms with Crippen LogP contribution in [0, 0.1) is 0 Å². The molecular formula is C10H21NO4S. The van der Waals surface area contributed by atoms with Crippen LogP contribution in [0.3, 0.4) is 0 Å². The number of sulfone groups is 1. The minimum absolute atomic E-state index is 0.0601. The highest BCUT2D eigenvalue weighted by Gasteiger charge is 2.17. The molecule has 1 N–H and O–H groups in total. The monoisotopic (exact) mass is 251 g/mol. The van der Waals surface area contributed by atoms with Crippen LogP contribution in [0.5, 0.6) is 0 Å². The van der Waals surface area contributed by atoms with Gasteiger partial charge in [0.2, 0.25) is 0 Å². The van der Waals surface area contributed by atoms with E-state index in [0.29, 0.717) is 13.2 Å². The fourth-order valence-corrected chi connectivity index (χ4v) is 1.97. The van der Waals surface area contributed by atoms with Crippen molar-refractivity contribution < 1.29 is 17.9 Å². The molecule has 0 rings (SSSR count). The Bertz CT molecular complexity index is 298. The first-order valence-electron chi connectivity index (χ1n) is 5.33. The van der Waals surface area contributed by atoms with Gasteiger partial charge in [-0.3, -0.25) is 4.79 Å². The number of carbonyl (C=O) groups excluding carboxylic acids is 1. The summed E-state index contributed by atoms with van der Waals surface area (Å²) in [6.07, 6.45) is 0.0838. The number of hydrogen-bond acceptors (Lipinski definition) is 5. The predicted molar refractivity (Wildman–Crippen MR) is 63.3 cm³/mol. The van der Waals surface area contributed by atoms with Gasteiger partial charge in [-0.05, 0) is 13.8 Å². The highest BCUT2D eigenvalue weighted by molar-refractivity contribution is 7.91. The molecule has 0 saturated carbocycles. The first-order chi connectivity index (χ1) is 7.40. The van der Waals surface area contributed by atoms with Gasteiger partial charge in [-0.15, -0.1) is 0 Å². The van der Waals surface area contributed by atoms with Gasteiger partial charge in [-0.1, -0.05) is 0 Å². The number of methoxy groups -OCH3 is 1. The fourth-order valence-electron chi connectivity index (χ4n) is 0.982. The molecule has 0 fully saturated rings. The van der Waals surface area contributed by atoms with Crippen molar-refractivity contribution in [1.82, 2.24) is 5.32 Å². The molecule has 16 heavy (non-hydrogen) atoms. The van der Waals surface area contributed by atoms with E-state index in [1.807, 2.05) is 0 Å². The minimum Gasteiger partial charge on any atom is -0.383 e. The molecule has 0 aromatic carbocycles. The van der Waals surface area contributed by atoms with Gasteiger partial charge >= 0.3 is 0 Å². The second-order valence-electron chi connectivity index (χ2n) is 3.87. The quantitative estimate of drug-likeness (QED) is 0.584. The number of carbonyl (C=O) groups is 1. The summed E-state index contributed by atoms with van der Waals surface area (Å²) in [5.74, 6) is -0.143. The molecule has 0 radical (unpaired) electrons. The first-order valence-corrected chi connectivity index (χ1v) is 7.04. The summed E-state index contributed by atoms with van der Waals surface area (Å²) in [5.41, 5.74) is 0. The molecule has 5 nitrogen and oxygen atoms in total. The summed E-state index contributed by atoms with van der Waals surface area (Å²) >= 11 is 0. The van der Waals surface area contributed by atoms with Crippen molar-refractivity contribution in [2.45, 2.75) is 25.5 Å². The van der Waals surface area contributed by atoms with Crippen LogP contribution in [-0.2, 0) is 19.4 Å². The van der Waals surface area contributed by atoms with Crippen LogP contribution in [-0.4, -0.2) is 52.0 Å². The zero-order valence-electron chi connectivity index (χ0n) is 10.2. The lowest BCUT2D eigenvalue weighted by atomic mass is 10.3. The second kappa shape index (κ2) is 7.76. The molecular weight excluding hydrogens is 230 g/mol. The Morgan fingerprint density at radius 1 is 1.38 bits per heavy atom. The number of hydrogen-bond donors (Lipinski definition) is 1. The molecule has 0 bridgehead atoms. The van der Waals surface area contributed by atoms with E-state index in [2.05, 4.69) is 5.32 Å². The largest absolute Gasteiger partial charge is 0.383 e. The molecule has 0 unspecified atom stereocenters. The zero-order valence-corrected chi connectivity index (χ0v) is 11.0. The van der Waals surface area contributed by atoms with Crippen molar-refractivity contribution in [1.29, 1.82) is 0 Å². The molecule has 0 heterocycles. The average Bonchev–Trinajstić information content (AvgIpc) is 2.21. The Morgan fingerprint density at radius 3 is 2.50 bits per heavy atom. The van der Waals surface area contributed by atoms with Crippen molar-refractivity contribution in [2.24, 2.45) is 0 Å². The van der Waals surface area contributed by atoms with E-state index in [0.717, 1.165) is 0 Å². The lowest BCUT2D eigenvalue weighted by Crippen LogP contribution is -2.28. The SMILES string of the molecule is COCCNCC(=O)CCS(=O)(=O)C(C)C. The second-order valence-corrected chi connectivity index (χ2v) is 6.55. The van der Waals surface area contributed by atoms with E-state index < -0.39 is 15.1 Å². The van der Waals surface area contributed by atoms with Crippen LogP contribution in [0.25, 0.3) is 0 Å². The Labute approximate surface area is 97.5 Å². The summed E-state index contributed by atoms with van der Waals surface area (Å²) < 4.78 is 27.6. The third-order valence-corrected chi connectivity index (χ3v) is 4.40. The maximum atomic E-state index is 11.4. The summed E-state index contributed by atoms with van der Waals surface area (Å²) in [5, 5.41) is 2.47. The third-order valence-electron chi connectivity index (χ3n) is 2.19. The molecule has 0 aliphatic heterocycles. The van der Waals surface area contributed by atoms with E-state index in [4.69, 9.17) is 4.74 Å². The van der Waals surface area contributed by atoms with Gasteiger partial charge in [-0.2, -0.15) is 0 Å². The lowest BCUT2D eigenvalue weighted by molar-refractivity contribution is -0.117. The maximum Gasteiger partial charge on any atom is 0.153 e. The number of Topliss-reactive ketones (excluding diaryl/α,β-unsaturated/α-hetero) is 1. The molecule has 0 aliphatic rings. The number of ketones is 1. The van der Waals surface area contributed by atoms with E-state index in [1.165, 1.54) is 0 Å². The fraction of sp³-hybridized carbons (Fsp3) is 0.900. The summed E-state index contributed by atoms with van der Waals surface area (Å²) in [7, 11) is -1.52. The molecule has 0 spiro atoms. The zero-order chi connectivity index (χ0) is 12.6. The molecule has 0 aromatic rings. The van der Waals surface area contributed by atoms with Gasteiger partial charge in [0.1, 0.15) is 5.78 Å². The lowest BCUT2D eigenvalue weighted by Gasteiger charge is -2.07. The van der Waals surface area contributed by atoms with Crippen LogP contribution in [0.15, 0.2) is 0 Å². The first kappa shape index (κ1) is 15.5. The highest BCUT2D eigenvalue weighted by atomic mass is 32.2. The summed E-state index contributed by atoms with van der Waals surface area (Å²) in [4.78, 5) is 11.3. The van der Waals surface area contributed by atoms with E-state index in [-0.39, 0.29) is 24.5 Å². The standard InChI is InChI=1S/C10H21NO4S/c1-9(2)16(13,14)7-4-10(12)8-11-5-6-15-3/h9,11H,4-8H2,1-3H3. The molecule has 96 valence electrons.